The fourth-order valence-corrected chi connectivity index (χ4v) is 1.65. The molecule has 0 aliphatic rings. The largest absolute Gasteiger partial charge is 0.294 e. The number of halogens is 4. The predicted molar refractivity (Wildman–Crippen MR) is 60.8 cm³/mol. The summed E-state index contributed by atoms with van der Waals surface area (Å²) in [5.41, 5.74) is -0.529. The minimum atomic E-state index is -1.38. The van der Waals surface area contributed by atoms with E-state index >= 15 is 0 Å². The van der Waals surface area contributed by atoms with E-state index in [-0.39, 0.29) is 5.56 Å². The molecule has 0 aromatic heterocycles. The van der Waals surface area contributed by atoms with E-state index in [1.165, 1.54) is 18.2 Å². The van der Waals surface area contributed by atoms with Gasteiger partial charge in [0.2, 0.25) is 0 Å². The molecule has 0 bridgehead atoms. The van der Waals surface area contributed by atoms with Gasteiger partial charge in [0.1, 0.15) is 11.6 Å². The van der Waals surface area contributed by atoms with Gasteiger partial charge < -0.3 is 0 Å². The SMILES string of the molecule is O=C(Cc1ccccc1F)c1cc(F)c(F)cc1F. The molecule has 1 nitrogen and oxygen atoms in total. The molecule has 0 unspecified atom stereocenters. The summed E-state index contributed by atoms with van der Waals surface area (Å²) in [4.78, 5) is 11.8. The topological polar surface area (TPSA) is 17.1 Å². The van der Waals surface area contributed by atoms with Gasteiger partial charge in [-0.25, -0.2) is 17.6 Å². The van der Waals surface area contributed by atoms with Gasteiger partial charge in [-0.2, -0.15) is 0 Å². The van der Waals surface area contributed by atoms with Crippen molar-refractivity contribution in [2.75, 3.05) is 0 Å². The summed E-state index contributed by atoms with van der Waals surface area (Å²) in [6, 6.07) is 6.27. The molecule has 0 atom stereocenters. The number of carbonyl (C=O) groups is 1. The molecule has 0 heterocycles. The first-order valence-electron chi connectivity index (χ1n) is 5.40. The van der Waals surface area contributed by atoms with E-state index in [9.17, 15) is 22.4 Å². The number of Topliss-reactive ketones (excluding diaryl/α,β-unsaturated/α-hetero) is 1. The Hall–Kier alpha value is -2.17. The first-order valence-corrected chi connectivity index (χ1v) is 5.40. The van der Waals surface area contributed by atoms with Crippen molar-refractivity contribution in [3.63, 3.8) is 0 Å². The monoisotopic (exact) mass is 268 g/mol. The number of carbonyl (C=O) groups excluding carboxylic acids is 1. The summed E-state index contributed by atoms with van der Waals surface area (Å²) in [5, 5.41) is 0. The van der Waals surface area contributed by atoms with Gasteiger partial charge in [0.05, 0.1) is 5.56 Å². The van der Waals surface area contributed by atoms with E-state index < -0.39 is 41.0 Å². The molecule has 0 radical (unpaired) electrons. The van der Waals surface area contributed by atoms with Gasteiger partial charge in [-0.05, 0) is 17.7 Å². The second-order valence-corrected chi connectivity index (χ2v) is 3.94. The van der Waals surface area contributed by atoms with Gasteiger partial charge in [0, 0.05) is 12.5 Å². The van der Waals surface area contributed by atoms with Crippen LogP contribution >= 0.6 is 0 Å². The molecule has 0 saturated heterocycles. The Kier molecular flexibility index (Phi) is 3.64. The Morgan fingerprint density at radius 3 is 2.16 bits per heavy atom. The number of benzene rings is 2. The van der Waals surface area contributed by atoms with E-state index in [0.717, 1.165) is 6.07 Å². The van der Waals surface area contributed by atoms with Crippen LogP contribution in [0.4, 0.5) is 17.6 Å². The quantitative estimate of drug-likeness (QED) is 0.471. The molecule has 0 fully saturated rings. The number of ketones is 1. The van der Waals surface area contributed by atoms with Crippen LogP contribution in [0, 0.1) is 23.3 Å². The summed E-state index contributed by atoms with van der Waals surface area (Å²) in [5.74, 6) is -5.29. The van der Waals surface area contributed by atoms with Gasteiger partial charge in [-0.1, -0.05) is 18.2 Å². The smallest absolute Gasteiger partial charge is 0.170 e. The molecule has 98 valence electrons. The summed E-state index contributed by atoms with van der Waals surface area (Å²) in [6.07, 6.45) is -0.422. The number of rotatable bonds is 3. The molecule has 0 aliphatic carbocycles. The normalized spacial score (nSPS) is 10.5. The zero-order chi connectivity index (χ0) is 14.0. The third kappa shape index (κ3) is 2.81. The second-order valence-electron chi connectivity index (χ2n) is 3.94. The second kappa shape index (κ2) is 5.22. The Balaban J connectivity index is 2.31. The first-order chi connectivity index (χ1) is 8.99. The highest BCUT2D eigenvalue weighted by Crippen LogP contribution is 2.17. The fraction of sp³-hybridized carbons (Fsp3) is 0.0714. The standard InChI is InChI=1S/C14H8F4O/c15-10-4-2-1-3-8(10)5-14(19)9-6-12(17)13(18)7-11(9)16/h1-4,6-7H,5H2. The van der Waals surface area contributed by atoms with E-state index in [2.05, 4.69) is 0 Å². The molecule has 0 saturated carbocycles. The minimum Gasteiger partial charge on any atom is -0.294 e. The Bertz CT molecular complexity index is 637. The van der Waals surface area contributed by atoms with E-state index in [1.54, 1.807) is 0 Å². The fourth-order valence-electron chi connectivity index (χ4n) is 1.65. The van der Waals surface area contributed by atoms with Crippen molar-refractivity contribution < 1.29 is 22.4 Å². The summed E-state index contributed by atoms with van der Waals surface area (Å²) in [7, 11) is 0. The molecule has 2 rings (SSSR count). The minimum absolute atomic E-state index is 0.0663. The van der Waals surface area contributed by atoms with Crippen LogP contribution in [0.5, 0.6) is 0 Å². The maximum atomic E-state index is 13.4. The summed E-state index contributed by atoms with van der Waals surface area (Å²) < 4.78 is 52.4. The molecule has 0 aliphatic heterocycles. The van der Waals surface area contributed by atoms with Crippen LogP contribution in [0.2, 0.25) is 0 Å². The van der Waals surface area contributed by atoms with Gasteiger partial charge in [0.15, 0.2) is 17.4 Å². The lowest BCUT2D eigenvalue weighted by molar-refractivity contribution is 0.0987. The van der Waals surface area contributed by atoms with Crippen molar-refractivity contribution in [3.8, 4) is 0 Å². The van der Waals surface area contributed by atoms with E-state index in [4.69, 9.17) is 0 Å². The molecule has 0 N–H and O–H groups in total. The summed E-state index contributed by atoms with van der Waals surface area (Å²) in [6.45, 7) is 0. The van der Waals surface area contributed by atoms with E-state index in [1.807, 2.05) is 0 Å². The van der Waals surface area contributed by atoms with Crippen molar-refractivity contribution in [2.24, 2.45) is 0 Å². The molecule has 5 heteroatoms. The van der Waals surface area contributed by atoms with Crippen LogP contribution < -0.4 is 0 Å². The van der Waals surface area contributed by atoms with Crippen LogP contribution in [0.1, 0.15) is 15.9 Å². The Labute approximate surface area is 106 Å². The van der Waals surface area contributed by atoms with Crippen LogP contribution in [0.25, 0.3) is 0 Å². The zero-order valence-electron chi connectivity index (χ0n) is 9.59. The lowest BCUT2D eigenvalue weighted by atomic mass is 10.0. The highest BCUT2D eigenvalue weighted by molar-refractivity contribution is 5.97. The lowest BCUT2D eigenvalue weighted by Gasteiger charge is -2.05. The Morgan fingerprint density at radius 1 is 0.842 bits per heavy atom. The van der Waals surface area contributed by atoms with Crippen LogP contribution in [0.15, 0.2) is 36.4 Å². The molecule has 2 aromatic rings. The third-order valence-electron chi connectivity index (χ3n) is 2.62. The van der Waals surface area contributed by atoms with Crippen molar-refractivity contribution >= 4 is 5.78 Å². The maximum Gasteiger partial charge on any atom is 0.170 e. The molecule has 0 amide bonds. The van der Waals surface area contributed by atoms with E-state index in [0.29, 0.717) is 12.1 Å². The van der Waals surface area contributed by atoms with Crippen LogP contribution in [-0.4, -0.2) is 5.78 Å². The Morgan fingerprint density at radius 2 is 1.47 bits per heavy atom. The average molecular weight is 268 g/mol. The highest BCUT2D eigenvalue weighted by Gasteiger charge is 2.17. The average Bonchev–Trinajstić information content (AvgIpc) is 2.36. The predicted octanol–water partition coefficient (Wildman–Crippen LogP) is 3.67. The van der Waals surface area contributed by atoms with Gasteiger partial charge in [-0.15, -0.1) is 0 Å². The third-order valence-corrected chi connectivity index (χ3v) is 2.62. The van der Waals surface area contributed by atoms with Crippen LogP contribution in [-0.2, 0) is 6.42 Å². The van der Waals surface area contributed by atoms with Gasteiger partial charge in [0.25, 0.3) is 0 Å². The molecule has 19 heavy (non-hydrogen) atoms. The first kappa shape index (κ1) is 13.3. The summed E-state index contributed by atoms with van der Waals surface area (Å²) >= 11 is 0. The lowest BCUT2D eigenvalue weighted by Crippen LogP contribution is -2.09. The van der Waals surface area contributed by atoms with Crippen molar-refractivity contribution in [3.05, 3.63) is 70.8 Å². The van der Waals surface area contributed by atoms with Crippen molar-refractivity contribution in [2.45, 2.75) is 6.42 Å². The number of hydrogen-bond donors (Lipinski definition) is 0. The van der Waals surface area contributed by atoms with Crippen molar-refractivity contribution in [1.82, 2.24) is 0 Å². The van der Waals surface area contributed by atoms with Crippen LogP contribution in [0.3, 0.4) is 0 Å². The molecular formula is C14H8F4O. The molecule has 0 spiro atoms. The zero-order valence-corrected chi connectivity index (χ0v) is 9.59. The van der Waals surface area contributed by atoms with Gasteiger partial charge >= 0.3 is 0 Å². The molecule has 2 aromatic carbocycles. The highest BCUT2D eigenvalue weighted by atomic mass is 19.2. The maximum absolute atomic E-state index is 13.4. The number of hydrogen-bond acceptors (Lipinski definition) is 1. The van der Waals surface area contributed by atoms with Gasteiger partial charge in [-0.3, -0.25) is 4.79 Å². The van der Waals surface area contributed by atoms with Crippen molar-refractivity contribution in [1.29, 1.82) is 0 Å². The molecular weight excluding hydrogens is 260 g/mol.